The van der Waals surface area contributed by atoms with Gasteiger partial charge < -0.3 is 14.8 Å². The van der Waals surface area contributed by atoms with Crippen LogP contribution in [0.2, 0.25) is 0 Å². The molecule has 0 aliphatic carbocycles. The minimum absolute atomic E-state index is 0.255. The lowest BCUT2D eigenvalue weighted by Gasteiger charge is -2.31. The first-order chi connectivity index (χ1) is 7.38. The van der Waals surface area contributed by atoms with E-state index >= 15 is 0 Å². The molecule has 0 bridgehead atoms. The van der Waals surface area contributed by atoms with Crippen molar-refractivity contribution in [1.82, 2.24) is 5.32 Å². The smallest absolute Gasteiger partial charge is 0.0961 e. The van der Waals surface area contributed by atoms with Crippen LogP contribution in [0.25, 0.3) is 0 Å². The monoisotopic (exact) mass is 215 g/mol. The number of likely N-dealkylation sites (N-methyl/N-ethyl adjacent to an activating group) is 1. The van der Waals surface area contributed by atoms with Crippen LogP contribution in [-0.2, 0) is 9.47 Å². The van der Waals surface area contributed by atoms with Gasteiger partial charge in [0.25, 0.3) is 0 Å². The van der Waals surface area contributed by atoms with Gasteiger partial charge in [0.15, 0.2) is 0 Å². The molecule has 0 aromatic rings. The van der Waals surface area contributed by atoms with E-state index in [2.05, 4.69) is 12.2 Å². The van der Waals surface area contributed by atoms with Gasteiger partial charge in [-0.2, -0.15) is 0 Å². The summed E-state index contributed by atoms with van der Waals surface area (Å²) >= 11 is 0. The van der Waals surface area contributed by atoms with Gasteiger partial charge in [-0.1, -0.05) is 26.2 Å². The number of hydrogen-bond acceptors (Lipinski definition) is 3. The maximum absolute atomic E-state index is 5.85. The Bertz CT molecular complexity index is 153. The molecule has 3 nitrogen and oxygen atoms in total. The highest BCUT2D eigenvalue weighted by molar-refractivity contribution is 4.79. The molecule has 1 fully saturated rings. The van der Waals surface area contributed by atoms with Crippen LogP contribution in [0.1, 0.15) is 39.0 Å². The van der Waals surface area contributed by atoms with E-state index in [9.17, 15) is 0 Å². The molecule has 1 aliphatic heterocycles. The van der Waals surface area contributed by atoms with Crippen LogP contribution < -0.4 is 5.32 Å². The van der Waals surface area contributed by atoms with Gasteiger partial charge >= 0.3 is 0 Å². The van der Waals surface area contributed by atoms with Crippen molar-refractivity contribution in [2.75, 3.05) is 26.9 Å². The van der Waals surface area contributed by atoms with Crippen LogP contribution in [0.3, 0.4) is 0 Å². The Kier molecular flexibility index (Phi) is 6.98. The summed E-state index contributed by atoms with van der Waals surface area (Å²) in [5.74, 6) is 0. The summed E-state index contributed by atoms with van der Waals surface area (Å²) in [5, 5.41) is 3.30. The van der Waals surface area contributed by atoms with Gasteiger partial charge in [0.1, 0.15) is 0 Å². The predicted molar refractivity (Wildman–Crippen MR) is 62.2 cm³/mol. The summed E-state index contributed by atoms with van der Waals surface area (Å²) in [6, 6.07) is 0.477. The van der Waals surface area contributed by atoms with Crippen molar-refractivity contribution in [3.05, 3.63) is 0 Å². The summed E-state index contributed by atoms with van der Waals surface area (Å²) in [4.78, 5) is 0. The largest absolute Gasteiger partial charge is 0.379 e. The molecule has 2 unspecified atom stereocenters. The lowest BCUT2D eigenvalue weighted by atomic mass is 10.1. The molecule has 15 heavy (non-hydrogen) atoms. The predicted octanol–water partition coefficient (Wildman–Crippen LogP) is 1.96. The van der Waals surface area contributed by atoms with Gasteiger partial charge in [0.05, 0.1) is 12.7 Å². The lowest BCUT2D eigenvalue weighted by molar-refractivity contribution is -0.0681. The van der Waals surface area contributed by atoms with Crippen molar-refractivity contribution < 1.29 is 9.47 Å². The van der Waals surface area contributed by atoms with Crippen LogP contribution in [-0.4, -0.2) is 39.0 Å². The van der Waals surface area contributed by atoms with Crippen molar-refractivity contribution in [2.24, 2.45) is 0 Å². The highest BCUT2D eigenvalue weighted by Gasteiger charge is 2.24. The first-order valence-corrected chi connectivity index (χ1v) is 6.25. The molecular weight excluding hydrogens is 190 g/mol. The maximum atomic E-state index is 5.85. The second kappa shape index (κ2) is 8.08. The summed E-state index contributed by atoms with van der Waals surface area (Å²) < 4.78 is 11.3. The number of nitrogens with one attached hydrogen (secondary N) is 1. The first kappa shape index (κ1) is 12.9. The molecule has 0 aromatic heterocycles. The molecule has 1 heterocycles. The van der Waals surface area contributed by atoms with E-state index in [-0.39, 0.29) is 6.10 Å². The Morgan fingerprint density at radius 1 is 1.33 bits per heavy atom. The van der Waals surface area contributed by atoms with Crippen LogP contribution in [0.15, 0.2) is 0 Å². The Balaban J connectivity index is 2.07. The fourth-order valence-corrected chi connectivity index (χ4v) is 1.97. The molecule has 0 aromatic carbocycles. The zero-order valence-electron chi connectivity index (χ0n) is 10.1. The van der Waals surface area contributed by atoms with Crippen LogP contribution >= 0.6 is 0 Å². The Morgan fingerprint density at radius 3 is 2.93 bits per heavy atom. The normalized spacial score (nSPS) is 26.8. The second-order valence-electron chi connectivity index (χ2n) is 4.23. The molecule has 0 amide bonds. The standard InChI is InChI=1S/C12H25NO2/c1-3-4-5-6-8-15-12-10-14-9-7-11(12)13-2/h11-13H,3-10H2,1-2H3. The Labute approximate surface area is 93.5 Å². The van der Waals surface area contributed by atoms with Gasteiger partial charge in [-0.3, -0.25) is 0 Å². The number of unbranched alkanes of at least 4 members (excludes halogenated alkanes) is 3. The molecule has 1 N–H and O–H groups in total. The van der Waals surface area contributed by atoms with E-state index in [1.165, 1.54) is 25.7 Å². The van der Waals surface area contributed by atoms with Crippen molar-refractivity contribution in [3.8, 4) is 0 Å². The third kappa shape index (κ3) is 4.96. The lowest BCUT2D eigenvalue weighted by Crippen LogP contribution is -2.46. The molecule has 0 saturated carbocycles. The summed E-state index contributed by atoms with van der Waals surface area (Å²) in [5.41, 5.74) is 0. The average molecular weight is 215 g/mol. The van der Waals surface area contributed by atoms with Gasteiger partial charge in [0, 0.05) is 19.3 Å². The van der Waals surface area contributed by atoms with Gasteiger partial charge in [-0.25, -0.2) is 0 Å². The quantitative estimate of drug-likeness (QED) is 0.659. The van der Waals surface area contributed by atoms with Crippen LogP contribution in [0, 0.1) is 0 Å². The molecular formula is C12H25NO2. The topological polar surface area (TPSA) is 30.5 Å². The fraction of sp³-hybridized carbons (Fsp3) is 1.00. The van der Waals surface area contributed by atoms with E-state index in [0.717, 1.165) is 26.2 Å². The Morgan fingerprint density at radius 2 is 2.20 bits per heavy atom. The summed E-state index contributed by atoms with van der Waals surface area (Å²) in [7, 11) is 2.00. The van der Waals surface area contributed by atoms with Gasteiger partial charge in [-0.15, -0.1) is 0 Å². The molecule has 0 spiro atoms. The number of ether oxygens (including phenoxy) is 2. The zero-order valence-corrected chi connectivity index (χ0v) is 10.1. The molecule has 0 radical (unpaired) electrons. The highest BCUT2D eigenvalue weighted by atomic mass is 16.5. The van der Waals surface area contributed by atoms with E-state index < -0.39 is 0 Å². The van der Waals surface area contributed by atoms with Gasteiger partial charge in [0.2, 0.25) is 0 Å². The molecule has 1 saturated heterocycles. The van der Waals surface area contributed by atoms with E-state index in [4.69, 9.17) is 9.47 Å². The molecule has 1 rings (SSSR count). The third-order valence-electron chi connectivity index (χ3n) is 3.00. The van der Waals surface area contributed by atoms with Crippen LogP contribution in [0.4, 0.5) is 0 Å². The fourth-order valence-electron chi connectivity index (χ4n) is 1.97. The van der Waals surface area contributed by atoms with Crippen molar-refractivity contribution in [2.45, 2.75) is 51.2 Å². The van der Waals surface area contributed by atoms with E-state index in [0.29, 0.717) is 6.04 Å². The van der Waals surface area contributed by atoms with Crippen molar-refractivity contribution in [1.29, 1.82) is 0 Å². The average Bonchev–Trinajstić information content (AvgIpc) is 2.29. The van der Waals surface area contributed by atoms with Crippen LogP contribution in [0.5, 0.6) is 0 Å². The molecule has 2 atom stereocenters. The number of rotatable bonds is 7. The summed E-state index contributed by atoms with van der Waals surface area (Å²) in [6.07, 6.45) is 6.39. The zero-order chi connectivity index (χ0) is 10.9. The summed E-state index contributed by atoms with van der Waals surface area (Å²) in [6.45, 7) is 4.72. The maximum Gasteiger partial charge on any atom is 0.0961 e. The minimum Gasteiger partial charge on any atom is -0.379 e. The van der Waals surface area contributed by atoms with Gasteiger partial charge in [-0.05, 0) is 19.9 Å². The minimum atomic E-state index is 0.255. The third-order valence-corrected chi connectivity index (χ3v) is 3.00. The second-order valence-corrected chi connectivity index (χ2v) is 4.23. The van der Waals surface area contributed by atoms with E-state index in [1.54, 1.807) is 0 Å². The molecule has 1 aliphatic rings. The SMILES string of the molecule is CCCCCCOC1COCCC1NC. The molecule has 3 heteroatoms. The number of hydrogen-bond donors (Lipinski definition) is 1. The highest BCUT2D eigenvalue weighted by Crippen LogP contribution is 2.12. The first-order valence-electron chi connectivity index (χ1n) is 6.25. The van der Waals surface area contributed by atoms with E-state index in [1.807, 2.05) is 7.05 Å². The van der Waals surface area contributed by atoms with Crippen molar-refractivity contribution >= 4 is 0 Å². The Hall–Kier alpha value is -0.120. The molecule has 90 valence electrons. The van der Waals surface area contributed by atoms with Crippen molar-refractivity contribution in [3.63, 3.8) is 0 Å².